The molecule has 8 rings (SSSR count). The molecule has 0 aromatic heterocycles. The van der Waals surface area contributed by atoms with Crippen LogP contribution < -0.4 is 9.47 Å². The molecule has 4 fully saturated rings. The fourth-order valence-corrected chi connectivity index (χ4v) is 9.10. The summed E-state index contributed by atoms with van der Waals surface area (Å²) in [6.07, 6.45) is 2.72. The summed E-state index contributed by atoms with van der Waals surface area (Å²) >= 11 is 0. The van der Waals surface area contributed by atoms with Gasteiger partial charge in [0.1, 0.15) is 11.7 Å². The number of aliphatic hydroxyl groups is 1. The first-order valence-electron chi connectivity index (χ1n) is 12.9. The Labute approximate surface area is 207 Å². The average Bonchev–Trinajstić information content (AvgIpc) is 3.24. The van der Waals surface area contributed by atoms with E-state index in [-0.39, 0.29) is 28.9 Å². The van der Waals surface area contributed by atoms with Crippen LogP contribution >= 0.6 is 0 Å². The van der Waals surface area contributed by atoms with Gasteiger partial charge in [-0.3, -0.25) is 0 Å². The van der Waals surface area contributed by atoms with Crippen molar-refractivity contribution < 1.29 is 24.1 Å². The molecule has 4 bridgehead atoms. The van der Waals surface area contributed by atoms with Crippen LogP contribution in [0.4, 0.5) is 0 Å². The van der Waals surface area contributed by atoms with Crippen molar-refractivity contribution in [1.29, 1.82) is 0 Å². The van der Waals surface area contributed by atoms with E-state index in [1.807, 2.05) is 24.3 Å². The highest BCUT2D eigenvalue weighted by atomic mass is 16.6. The van der Waals surface area contributed by atoms with Crippen LogP contribution in [0.25, 0.3) is 0 Å². The zero-order valence-electron chi connectivity index (χ0n) is 20.8. The lowest BCUT2D eigenvalue weighted by Crippen LogP contribution is -2.84. The number of benzene rings is 2. The zero-order chi connectivity index (χ0) is 24.0. The van der Waals surface area contributed by atoms with Crippen molar-refractivity contribution in [1.82, 2.24) is 4.90 Å². The summed E-state index contributed by atoms with van der Waals surface area (Å²) in [5.41, 5.74) is 2.62. The molecule has 0 radical (unpaired) electrons. The second-order valence-corrected chi connectivity index (χ2v) is 11.4. The second kappa shape index (κ2) is 7.45. The number of hydrogen-bond donors (Lipinski definition) is 1. The molecular weight excluding hydrogens is 442 g/mol. The minimum atomic E-state index is -0.614. The predicted octanol–water partition coefficient (Wildman–Crippen LogP) is 3.33. The number of ether oxygens (including phenoxy) is 4. The molecule has 1 saturated heterocycles. The van der Waals surface area contributed by atoms with Crippen LogP contribution in [0, 0.1) is 11.3 Å². The lowest BCUT2D eigenvalue weighted by molar-refractivity contribution is -0.315. The summed E-state index contributed by atoms with van der Waals surface area (Å²) in [4.78, 5) is 2.49. The van der Waals surface area contributed by atoms with Gasteiger partial charge in [0.25, 0.3) is 0 Å². The molecule has 3 saturated carbocycles. The number of rotatable bonds is 6. The van der Waals surface area contributed by atoms with E-state index < -0.39 is 11.7 Å². The van der Waals surface area contributed by atoms with Crippen LogP contribution in [0.3, 0.4) is 0 Å². The lowest BCUT2D eigenvalue weighted by Gasteiger charge is -2.74. The molecule has 7 atom stereocenters. The van der Waals surface area contributed by atoms with E-state index >= 15 is 0 Å². The van der Waals surface area contributed by atoms with Gasteiger partial charge in [-0.15, -0.1) is 0 Å². The van der Waals surface area contributed by atoms with Crippen molar-refractivity contribution in [2.24, 2.45) is 11.3 Å². The van der Waals surface area contributed by atoms with E-state index in [0.29, 0.717) is 19.6 Å². The summed E-state index contributed by atoms with van der Waals surface area (Å²) in [6.45, 7) is 2.15. The summed E-state index contributed by atoms with van der Waals surface area (Å²) in [5.74, 6) is 1.80. The molecule has 0 unspecified atom stereocenters. The molecule has 35 heavy (non-hydrogen) atoms. The van der Waals surface area contributed by atoms with Crippen molar-refractivity contribution in [3.8, 4) is 11.5 Å². The predicted molar refractivity (Wildman–Crippen MR) is 131 cm³/mol. The van der Waals surface area contributed by atoms with Gasteiger partial charge >= 0.3 is 0 Å². The van der Waals surface area contributed by atoms with Gasteiger partial charge in [-0.25, -0.2) is 0 Å². The molecule has 1 N–H and O–H groups in total. The molecule has 4 aliphatic carbocycles. The van der Waals surface area contributed by atoms with E-state index in [4.69, 9.17) is 18.9 Å². The van der Waals surface area contributed by atoms with Crippen LogP contribution in [0.5, 0.6) is 11.5 Å². The Bertz CT molecular complexity index is 1160. The molecule has 6 aliphatic rings. The Morgan fingerprint density at radius 3 is 2.71 bits per heavy atom. The normalized spacial score (nSPS) is 40.3. The topological polar surface area (TPSA) is 60.4 Å². The van der Waals surface area contributed by atoms with Crippen LogP contribution in [-0.2, 0) is 27.9 Å². The first-order valence-corrected chi connectivity index (χ1v) is 12.9. The SMILES string of the molecule is COc1ccc2c3c1O[C@@H]1[C@@]4(OC)C[C@H](O)[C@@]5(C[C@@H]4COCc4ccccc4)[C@@H](C2)N(C)CC[C@]315. The maximum Gasteiger partial charge on any atom is 0.165 e. The highest BCUT2D eigenvalue weighted by Crippen LogP contribution is 2.76. The summed E-state index contributed by atoms with van der Waals surface area (Å²) in [6, 6.07) is 14.8. The maximum absolute atomic E-state index is 12.0. The van der Waals surface area contributed by atoms with Gasteiger partial charge in [0, 0.05) is 36.5 Å². The number of piperidine rings is 1. The van der Waals surface area contributed by atoms with Gasteiger partial charge in [-0.2, -0.15) is 0 Å². The van der Waals surface area contributed by atoms with Crippen molar-refractivity contribution >= 4 is 0 Å². The standard InChI is InChI=1S/C29H35NO5/c1-30-12-11-27-24-19-9-10-21(32-2)25(24)35-26(27)29(33-3)15-23(31)28(27,22(30)13-19)14-20(29)17-34-16-18-7-5-4-6-8-18/h4-10,20,22-23,26,31H,11-17H2,1-3H3/t20-,22-,23+,26+,27+,28-,29-/m1/s1. The van der Waals surface area contributed by atoms with Gasteiger partial charge < -0.3 is 29.0 Å². The van der Waals surface area contributed by atoms with E-state index in [1.54, 1.807) is 14.2 Å². The van der Waals surface area contributed by atoms with Gasteiger partial charge in [0.05, 0.1) is 31.8 Å². The lowest BCUT2D eigenvalue weighted by atomic mass is 9.34. The van der Waals surface area contributed by atoms with E-state index in [9.17, 15) is 5.11 Å². The number of likely N-dealkylation sites (tertiary alicyclic amines) is 1. The molecule has 0 amide bonds. The highest BCUT2D eigenvalue weighted by molar-refractivity contribution is 5.64. The Balaban J connectivity index is 1.35. The van der Waals surface area contributed by atoms with Gasteiger partial charge in [-0.05, 0) is 50.0 Å². The van der Waals surface area contributed by atoms with E-state index in [0.717, 1.165) is 37.3 Å². The number of nitrogens with zero attached hydrogens (tertiary/aromatic N) is 1. The number of hydrogen-bond acceptors (Lipinski definition) is 6. The molecule has 2 spiro atoms. The zero-order valence-corrected chi connectivity index (χ0v) is 20.8. The number of fused-ring (bicyclic) bond motifs is 2. The van der Waals surface area contributed by atoms with Gasteiger partial charge in [0.15, 0.2) is 11.5 Å². The highest BCUT2D eigenvalue weighted by Gasteiger charge is 2.83. The Kier molecular flexibility index (Phi) is 4.71. The third-order valence-corrected chi connectivity index (χ3v) is 10.4. The minimum Gasteiger partial charge on any atom is -0.493 e. The third kappa shape index (κ3) is 2.49. The largest absolute Gasteiger partial charge is 0.493 e. The average molecular weight is 478 g/mol. The quantitative estimate of drug-likeness (QED) is 0.689. The summed E-state index contributed by atoms with van der Waals surface area (Å²) < 4.78 is 25.6. The Morgan fingerprint density at radius 2 is 1.94 bits per heavy atom. The van der Waals surface area contributed by atoms with Gasteiger partial charge in [0.2, 0.25) is 0 Å². The minimum absolute atomic E-state index is 0.133. The Morgan fingerprint density at radius 1 is 1.11 bits per heavy atom. The molecule has 6 heteroatoms. The van der Waals surface area contributed by atoms with Crippen molar-refractivity contribution in [2.45, 2.75) is 61.6 Å². The second-order valence-electron chi connectivity index (χ2n) is 11.4. The molecule has 2 aromatic carbocycles. The first kappa shape index (κ1) is 22.1. The fraction of sp³-hybridized carbons (Fsp3) is 0.586. The smallest absolute Gasteiger partial charge is 0.165 e. The van der Waals surface area contributed by atoms with Crippen molar-refractivity contribution in [3.63, 3.8) is 0 Å². The van der Waals surface area contributed by atoms with Gasteiger partial charge in [-0.1, -0.05) is 36.4 Å². The number of likely N-dealkylation sites (N-methyl/N-ethyl adjacent to an activating group) is 1. The molecule has 6 nitrogen and oxygen atoms in total. The number of methoxy groups -OCH3 is 2. The summed E-state index contributed by atoms with van der Waals surface area (Å²) in [5, 5.41) is 12.0. The summed E-state index contributed by atoms with van der Waals surface area (Å²) in [7, 11) is 5.74. The van der Waals surface area contributed by atoms with E-state index in [2.05, 4.69) is 30.1 Å². The molecule has 2 aromatic rings. The molecular formula is C29H35NO5. The Hall–Kier alpha value is -2.12. The van der Waals surface area contributed by atoms with Crippen LogP contribution in [0.15, 0.2) is 42.5 Å². The van der Waals surface area contributed by atoms with Crippen molar-refractivity contribution in [2.75, 3.05) is 34.4 Å². The van der Waals surface area contributed by atoms with Crippen LogP contribution in [0.2, 0.25) is 0 Å². The first-order chi connectivity index (χ1) is 17.0. The monoisotopic (exact) mass is 477 g/mol. The third-order valence-electron chi connectivity index (χ3n) is 10.4. The van der Waals surface area contributed by atoms with E-state index in [1.165, 1.54) is 16.7 Å². The fourth-order valence-electron chi connectivity index (χ4n) is 9.10. The van der Waals surface area contributed by atoms with Crippen LogP contribution in [0.1, 0.15) is 36.0 Å². The number of aliphatic hydroxyl groups excluding tert-OH is 1. The maximum atomic E-state index is 12.0. The van der Waals surface area contributed by atoms with Crippen molar-refractivity contribution in [3.05, 3.63) is 59.2 Å². The van der Waals surface area contributed by atoms with Crippen LogP contribution in [-0.4, -0.2) is 68.3 Å². The molecule has 2 aliphatic heterocycles. The molecule has 2 heterocycles. The molecule has 186 valence electrons.